The number of hydrogen-bond acceptors (Lipinski definition) is 3. The van der Waals surface area contributed by atoms with Gasteiger partial charge in [-0.15, -0.1) is 0 Å². The zero-order chi connectivity index (χ0) is 15.2. The topological polar surface area (TPSA) is 45.0 Å². The van der Waals surface area contributed by atoms with E-state index in [0.29, 0.717) is 6.42 Å². The summed E-state index contributed by atoms with van der Waals surface area (Å²) in [5.41, 5.74) is 4.42. The summed E-state index contributed by atoms with van der Waals surface area (Å²) < 4.78 is 5.43. The van der Waals surface area contributed by atoms with Crippen LogP contribution in [0.1, 0.15) is 29.7 Å². The van der Waals surface area contributed by atoms with Crippen molar-refractivity contribution in [2.24, 2.45) is 0 Å². The second-order valence-electron chi connectivity index (χ2n) is 5.14. The van der Waals surface area contributed by atoms with Crippen molar-refractivity contribution in [3.63, 3.8) is 0 Å². The van der Waals surface area contributed by atoms with Crippen molar-refractivity contribution >= 4 is 5.69 Å². The molecule has 1 unspecified atom stereocenters. The van der Waals surface area contributed by atoms with Crippen LogP contribution in [0.15, 0.2) is 42.5 Å². The Balaban J connectivity index is 2.16. The zero-order valence-corrected chi connectivity index (χ0v) is 12.7. The summed E-state index contributed by atoms with van der Waals surface area (Å²) in [7, 11) is 1.69. The number of anilines is 1. The normalized spacial score (nSPS) is 11.5. The van der Waals surface area contributed by atoms with Gasteiger partial charge in [0, 0.05) is 11.3 Å². The summed E-state index contributed by atoms with van der Waals surface area (Å²) >= 11 is 0. The Labute approximate surface area is 126 Å². The molecule has 0 fully saturated rings. The van der Waals surface area contributed by atoms with E-state index in [1.54, 1.807) is 7.11 Å². The molecule has 2 aromatic carbocycles. The SMILES string of the molecule is COc1ccc(C)cc1C(C)Nc1ccc(CC#N)cc1. The van der Waals surface area contributed by atoms with Gasteiger partial charge in [-0.3, -0.25) is 0 Å². The molecule has 0 aliphatic carbocycles. The van der Waals surface area contributed by atoms with E-state index in [9.17, 15) is 0 Å². The average molecular weight is 280 g/mol. The molecule has 0 radical (unpaired) electrons. The Hall–Kier alpha value is -2.47. The highest BCUT2D eigenvalue weighted by atomic mass is 16.5. The van der Waals surface area contributed by atoms with Crippen LogP contribution in [-0.2, 0) is 6.42 Å². The predicted molar refractivity (Wildman–Crippen MR) is 85.5 cm³/mol. The Morgan fingerprint density at radius 3 is 2.52 bits per heavy atom. The van der Waals surface area contributed by atoms with Gasteiger partial charge in [-0.1, -0.05) is 29.8 Å². The fourth-order valence-electron chi connectivity index (χ4n) is 2.33. The van der Waals surface area contributed by atoms with Gasteiger partial charge in [0.15, 0.2) is 0 Å². The smallest absolute Gasteiger partial charge is 0.124 e. The summed E-state index contributed by atoms with van der Waals surface area (Å²) in [6.07, 6.45) is 0.446. The molecule has 0 aliphatic heterocycles. The summed E-state index contributed by atoms with van der Waals surface area (Å²) in [6, 6.07) is 16.4. The van der Waals surface area contributed by atoms with Crippen LogP contribution in [0.5, 0.6) is 5.75 Å². The van der Waals surface area contributed by atoms with E-state index in [1.807, 2.05) is 36.4 Å². The van der Waals surface area contributed by atoms with Crippen LogP contribution in [0, 0.1) is 18.3 Å². The standard InChI is InChI=1S/C18H20N2O/c1-13-4-9-18(21-3)17(12-13)14(2)20-16-7-5-15(6-8-16)10-11-19/h4-9,12,14,20H,10H2,1-3H3. The van der Waals surface area contributed by atoms with Gasteiger partial charge in [-0.25, -0.2) is 0 Å². The lowest BCUT2D eigenvalue weighted by atomic mass is 10.0. The van der Waals surface area contributed by atoms with Gasteiger partial charge in [-0.05, 0) is 37.6 Å². The van der Waals surface area contributed by atoms with Crippen LogP contribution in [0.25, 0.3) is 0 Å². The molecule has 0 saturated carbocycles. The van der Waals surface area contributed by atoms with Gasteiger partial charge in [-0.2, -0.15) is 5.26 Å². The van der Waals surface area contributed by atoms with Crippen molar-refractivity contribution in [1.82, 2.24) is 0 Å². The van der Waals surface area contributed by atoms with Crippen LogP contribution in [0.4, 0.5) is 5.69 Å². The number of nitrogens with zero attached hydrogens (tertiary/aromatic N) is 1. The van der Waals surface area contributed by atoms with Gasteiger partial charge >= 0.3 is 0 Å². The summed E-state index contributed by atoms with van der Waals surface area (Å²) in [4.78, 5) is 0. The van der Waals surface area contributed by atoms with Gasteiger partial charge in [0.1, 0.15) is 5.75 Å². The number of methoxy groups -OCH3 is 1. The molecule has 3 heteroatoms. The average Bonchev–Trinajstić information content (AvgIpc) is 2.49. The first-order valence-corrected chi connectivity index (χ1v) is 7.01. The molecular formula is C18H20N2O. The monoisotopic (exact) mass is 280 g/mol. The molecular weight excluding hydrogens is 260 g/mol. The fourth-order valence-corrected chi connectivity index (χ4v) is 2.33. The quantitative estimate of drug-likeness (QED) is 0.890. The van der Waals surface area contributed by atoms with Gasteiger partial charge in [0.05, 0.1) is 25.6 Å². The Morgan fingerprint density at radius 2 is 1.90 bits per heavy atom. The molecule has 0 aromatic heterocycles. The molecule has 0 amide bonds. The molecule has 0 aliphatic rings. The summed E-state index contributed by atoms with van der Waals surface area (Å²) in [5.74, 6) is 0.890. The van der Waals surface area contributed by atoms with Crippen molar-refractivity contribution in [3.05, 3.63) is 59.2 Å². The lowest BCUT2D eigenvalue weighted by Gasteiger charge is -2.19. The molecule has 3 nitrogen and oxygen atoms in total. The van der Waals surface area contributed by atoms with Crippen LogP contribution in [-0.4, -0.2) is 7.11 Å². The number of nitrogens with one attached hydrogen (secondary N) is 1. The lowest BCUT2D eigenvalue weighted by Crippen LogP contribution is -2.08. The van der Waals surface area contributed by atoms with Crippen molar-refractivity contribution in [2.45, 2.75) is 26.3 Å². The van der Waals surface area contributed by atoms with Gasteiger partial charge < -0.3 is 10.1 Å². The Bertz CT molecular complexity index is 641. The number of rotatable bonds is 5. The molecule has 21 heavy (non-hydrogen) atoms. The van der Waals surface area contributed by atoms with Crippen molar-refractivity contribution in [2.75, 3.05) is 12.4 Å². The molecule has 108 valence electrons. The molecule has 1 N–H and O–H groups in total. The third-order valence-electron chi connectivity index (χ3n) is 3.47. The third kappa shape index (κ3) is 3.76. The van der Waals surface area contributed by atoms with Crippen molar-refractivity contribution in [3.8, 4) is 11.8 Å². The van der Waals surface area contributed by atoms with E-state index >= 15 is 0 Å². The molecule has 0 spiro atoms. The molecule has 0 saturated heterocycles. The largest absolute Gasteiger partial charge is 0.496 e. The minimum absolute atomic E-state index is 0.140. The highest BCUT2D eigenvalue weighted by Crippen LogP contribution is 2.28. The van der Waals surface area contributed by atoms with Gasteiger partial charge in [0.25, 0.3) is 0 Å². The molecule has 0 heterocycles. The van der Waals surface area contributed by atoms with E-state index < -0.39 is 0 Å². The molecule has 2 aromatic rings. The van der Waals surface area contributed by atoms with Crippen LogP contribution in [0.2, 0.25) is 0 Å². The Morgan fingerprint density at radius 1 is 1.19 bits per heavy atom. The molecule has 2 rings (SSSR count). The van der Waals surface area contributed by atoms with Gasteiger partial charge in [0.2, 0.25) is 0 Å². The minimum atomic E-state index is 0.140. The summed E-state index contributed by atoms with van der Waals surface area (Å²) in [6.45, 7) is 4.19. The highest BCUT2D eigenvalue weighted by Gasteiger charge is 2.11. The minimum Gasteiger partial charge on any atom is -0.496 e. The van der Waals surface area contributed by atoms with Crippen LogP contribution >= 0.6 is 0 Å². The van der Waals surface area contributed by atoms with Crippen LogP contribution in [0.3, 0.4) is 0 Å². The van der Waals surface area contributed by atoms with Crippen molar-refractivity contribution in [1.29, 1.82) is 5.26 Å². The Kier molecular flexibility index (Phi) is 4.84. The highest BCUT2D eigenvalue weighted by molar-refractivity contribution is 5.49. The first-order valence-electron chi connectivity index (χ1n) is 7.01. The predicted octanol–water partition coefficient (Wildman–Crippen LogP) is 4.24. The van der Waals surface area contributed by atoms with E-state index in [0.717, 1.165) is 22.6 Å². The second kappa shape index (κ2) is 6.81. The second-order valence-corrected chi connectivity index (χ2v) is 5.14. The number of ether oxygens (including phenoxy) is 1. The van der Waals surface area contributed by atoms with E-state index in [2.05, 4.69) is 31.3 Å². The fraction of sp³-hybridized carbons (Fsp3) is 0.278. The number of benzene rings is 2. The number of aryl methyl sites for hydroxylation is 1. The summed E-state index contributed by atoms with van der Waals surface area (Å²) in [5, 5.41) is 12.2. The van der Waals surface area contributed by atoms with E-state index in [1.165, 1.54) is 5.56 Å². The maximum atomic E-state index is 8.69. The third-order valence-corrected chi connectivity index (χ3v) is 3.47. The van der Waals surface area contributed by atoms with E-state index in [-0.39, 0.29) is 6.04 Å². The first-order chi connectivity index (χ1) is 10.1. The zero-order valence-electron chi connectivity index (χ0n) is 12.7. The van der Waals surface area contributed by atoms with Crippen molar-refractivity contribution < 1.29 is 4.74 Å². The molecule has 1 atom stereocenters. The first kappa shape index (κ1) is 14.9. The number of nitriles is 1. The van der Waals surface area contributed by atoms with E-state index in [4.69, 9.17) is 10.00 Å². The molecule has 0 bridgehead atoms. The maximum Gasteiger partial charge on any atom is 0.124 e. The maximum absolute atomic E-state index is 8.69. The van der Waals surface area contributed by atoms with Crippen LogP contribution < -0.4 is 10.1 Å². The lowest BCUT2D eigenvalue weighted by molar-refractivity contribution is 0.408. The number of hydrogen-bond donors (Lipinski definition) is 1.